The van der Waals surface area contributed by atoms with Crippen molar-refractivity contribution in [1.82, 2.24) is 0 Å². The molecule has 2 fully saturated rings. The van der Waals surface area contributed by atoms with Gasteiger partial charge in [0.1, 0.15) is 17.0 Å². The van der Waals surface area contributed by atoms with E-state index < -0.39 is 5.63 Å². The number of ether oxygens (including phenoxy) is 1. The van der Waals surface area contributed by atoms with E-state index in [4.69, 9.17) is 9.15 Å². The summed E-state index contributed by atoms with van der Waals surface area (Å²) in [4.78, 5) is 12.7. The molecular formula is C30H43FO3. The van der Waals surface area contributed by atoms with E-state index in [1.165, 1.54) is 51.4 Å². The van der Waals surface area contributed by atoms with Gasteiger partial charge in [-0.2, -0.15) is 0 Å². The Labute approximate surface area is 204 Å². The molecule has 4 heteroatoms. The molecule has 0 radical (unpaired) electrons. The predicted molar refractivity (Wildman–Crippen MR) is 137 cm³/mol. The van der Waals surface area contributed by atoms with Crippen molar-refractivity contribution in [3.63, 3.8) is 0 Å². The standard InChI is InChI=1S/C30H43FO3/c1-3-5-18-33-19-17-26-20-25-15-16-27(29(31)28(25)30(32)34-26)24-13-11-23(12-14-24)22-9-7-21(6-4-2)8-10-22/h15-16,20-24H,3-14,17-19H2,1-2H3. The third-order valence-electron chi connectivity index (χ3n) is 8.55. The highest BCUT2D eigenvalue weighted by molar-refractivity contribution is 5.83. The lowest BCUT2D eigenvalue weighted by Gasteiger charge is -2.38. The second-order valence-electron chi connectivity index (χ2n) is 10.8. The highest BCUT2D eigenvalue weighted by Gasteiger charge is 2.32. The average molecular weight is 471 g/mol. The molecule has 0 saturated heterocycles. The molecule has 0 spiro atoms. The summed E-state index contributed by atoms with van der Waals surface area (Å²) in [6, 6.07) is 5.63. The van der Waals surface area contributed by atoms with Gasteiger partial charge >= 0.3 is 5.63 Å². The first-order valence-corrected chi connectivity index (χ1v) is 13.9. The Hall–Kier alpha value is -1.68. The Balaban J connectivity index is 1.37. The molecule has 0 amide bonds. The molecule has 0 unspecified atom stereocenters. The second-order valence-corrected chi connectivity index (χ2v) is 10.8. The van der Waals surface area contributed by atoms with Crippen molar-refractivity contribution >= 4 is 10.8 Å². The van der Waals surface area contributed by atoms with Crippen LogP contribution in [0, 0.1) is 23.6 Å². The van der Waals surface area contributed by atoms with Gasteiger partial charge in [-0.1, -0.05) is 58.1 Å². The van der Waals surface area contributed by atoms with Crippen molar-refractivity contribution in [1.29, 1.82) is 0 Å². The van der Waals surface area contributed by atoms with Crippen molar-refractivity contribution in [2.75, 3.05) is 13.2 Å². The fourth-order valence-corrected chi connectivity index (χ4v) is 6.53. The lowest BCUT2D eigenvalue weighted by molar-refractivity contribution is 0.130. The molecule has 2 saturated carbocycles. The molecule has 0 atom stereocenters. The van der Waals surface area contributed by atoms with Gasteiger partial charge in [-0.25, -0.2) is 9.18 Å². The Kier molecular flexibility index (Phi) is 9.22. The molecule has 1 aromatic carbocycles. The van der Waals surface area contributed by atoms with E-state index in [1.54, 1.807) is 6.07 Å². The molecule has 0 N–H and O–H groups in total. The van der Waals surface area contributed by atoms with Crippen LogP contribution in [-0.4, -0.2) is 13.2 Å². The number of rotatable bonds is 10. The number of unbranched alkanes of at least 4 members (excludes halogenated alkanes) is 1. The van der Waals surface area contributed by atoms with Gasteiger partial charge in [-0.15, -0.1) is 0 Å². The van der Waals surface area contributed by atoms with E-state index in [1.807, 2.05) is 12.1 Å². The Morgan fingerprint density at radius 2 is 1.65 bits per heavy atom. The first kappa shape index (κ1) is 25.4. The number of hydrogen-bond acceptors (Lipinski definition) is 3. The van der Waals surface area contributed by atoms with Gasteiger partial charge < -0.3 is 9.15 Å². The maximum Gasteiger partial charge on any atom is 0.346 e. The summed E-state index contributed by atoms with van der Waals surface area (Å²) in [6.45, 7) is 5.65. The molecule has 34 heavy (non-hydrogen) atoms. The zero-order chi connectivity index (χ0) is 23.9. The van der Waals surface area contributed by atoms with Gasteiger partial charge in [0, 0.05) is 13.0 Å². The monoisotopic (exact) mass is 470 g/mol. The average Bonchev–Trinajstić information content (AvgIpc) is 2.85. The topological polar surface area (TPSA) is 39.4 Å². The van der Waals surface area contributed by atoms with Crippen molar-refractivity contribution in [2.24, 2.45) is 17.8 Å². The molecule has 188 valence electrons. The normalized spacial score (nSPS) is 25.6. The van der Waals surface area contributed by atoms with Crippen LogP contribution in [-0.2, 0) is 11.2 Å². The molecule has 0 bridgehead atoms. The fraction of sp³-hybridized carbons (Fsp3) is 0.700. The van der Waals surface area contributed by atoms with Gasteiger partial charge in [-0.3, -0.25) is 0 Å². The third-order valence-corrected chi connectivity index (χ3v) is 8.55. The Morgan fingerprint density at radius 1 is 0.941 bits per heavy atom. The zero-order valence-electron chi connectivity index (χ0n) is 21.3. The van der Waals surface area contributed by atoms with E-state index in [0.717, 1.165) is 43.4 Å². The Morgan fingerprint density at radius 3 is 2.32 bits per heavy atom. The number of halogens is 1. The van der Waals surface area contributed by atoms with E-state index in [-0.39, 0.29) is 17.1 Å². The first-order chi connectivity index (χ1) is 16.6. The largest absolute Gasteiger partial charge is 0.427 e. The van der Waals surface area contributed by atoms with Gasteiger partial charge in [0.2, 0.25) is 0 Å². The highest BCUT2D eigenvalue weighted by Crippen LogP contribution is 2.45. The number of benzene rings is 1. The summed E-state index contributed by atoms with van der Waals surface area (Å²) in [5.41, 5.74) is 0.151. The van der Waals surface area contributed by atoms with Crippen LogP contribution >= 0.6 is 0 Å². The van der Waals surface area contributed by atoms with Crippen LogP contribution in [0.2, 0.25) is 0 Å². The minimum atomic E-state index is -0.557. The molecule has 1 aromatic heterocycles. The van der Waals surface area contributed by atoms with Crippen LogP contribution in [0.5, 0.6) is 0 Å². The zero-order valence-corrected chi connectivity index (χ0v) is 21.3. The summed E-state index contributed by atoms with van der Waals surface area (Å²) in [7, 11) is 0. The first-order valence-electron chi connectivity index (χ1n) is 13.9. The SMILES string of the molecule is CCCCOCCc1cc2ccc(C3CCC(C4CCC(CCC)CC4)CC3)c(F)c2c(=O)o1. The smallest absolute Gasteiger partial charge is 0.346 e. The van der Waals surface area contributed by atoms with Crippen LogP contribution < -0.4 is 5.63 Å². The second kappa shape index (κ2) is 12.3. The summed E-state index contributed by atoms with van der Waals surface area (Å²) in [5.74, 6) is 3.03. The molecule has 1 heterocycles. The lowest BCUT2D eigenvalue weighted by Crippen LogP contribution is -2.25. The molecule has 3 nitrogen and oxygen atoms in total. The molecule has 0 aliphatic heterocycles. The van der Waals surface area contributed by atoms with Gasteiger partial charge in [-0.05, 0) is 85.6 Å². The van der Waals surface area contributed by atoms with Crippen LogP contribution in [0.25, 0.3) is 10.8 Å². The lowest BCUT2D eigenvalue weighted by atomic mass is 9.68. The third kappa shape index (κ3) is 6.11. The molecule has 2 aliphatic carbocycles. The molecule has 4 rings (SSSR count). The number of fused-ring (bicyclic) bond motifs is 1. The maximum atomic E-state index is 15.5. The van der Waals surface area contributed by atoms with Crippen molar-refractivity contribution in [3.05, 3.63) is 45.8 Å². The summed E-state index contributed by atoms with van der Waals surface area (Å²) in [5, 5.41) is 0.753. The fourth-order valence-electron chi connectivity index (χ4n) is 6.53. The van der Waals surface area contributed by atoms with Crippen LogP contribution in [0.4, 0.5) is 4.39 Å². The van der Waals surface area contributed by atoms with E-state index in [9.17, 15) is 4.79 Å². The van der Waals surface area contributed by atoms with Crippen molar-refractivity contribution in [3.8, 4) is 0 Å². The van der Waals surface area contributed by atoms with E-state index >= 15 is 4.39 Å². The van der Waals surface area contributed by atoms with Gasteiger partial charge in [0.25, 0.3) is 0 Å². The molecule has 2 aliphatic rings. The van der Waals surface area contributed by atoms with Gasteiger partial charge in [0.05, 0.1) is 6.61 Å². The van der Waals surface area contributed by atoms with Crippen molar-refractivity contribution < 1.29 is 13.5 Å². The molecular weight excluding hydrogens is 427 g/mol. The number of hydrogen-bond donors (Lipinski definition) is 0. The minimum absolute atomic E-state index is 0.115. The highest BCUT2D eigenvalue weighted by atomic mass is 19.1. The predicted octanol–water partition coefficient (Wildman–Crippen LogP) is 8.17. The van der Waals surface area contributed by atoms with Crippen molar-refractivity contribution in [2.45, 2.75) is 103 Å². The van der Waals surface area contributed by atoms with E-state index in [2.05, 4.69) is 13.8 Å². The Bertz CT molecular complexity index is 965. The summed E-state index contributed by atoms with van der Waals surface area (Å²) < 4.78 is 26.6. The van der Waals surface area contributed by atoms with Crippen LogP contribution in [0.15, 0.2) is 27.4 Å². The van der Waals surface area contributed by atoms with Crippen LogP contribution in [0.3, 0.4) is 0 Å². The maximum absolute atomic E-state index is 15.5. The quantitative estimate of drug-likeness (QED) is 0.329. The molecule has 2 aromatic rings. The minimum Gasteiger partial charge on any atom is -0.427 e. The van der Waals surface area contributed by atoms with Gasteiger partial charge in [0.15, 0.2) is 0 Å². The van der Waals surface area contributed by atoms with Crippen LogP contribution in [0.1, 0.15) is 108 Å². The van der Waals surface area contributed by atoms with E-state index in [0.29, 0.717) is 36.3 Å². The summed E-state index contributed by atoms with van der Waals surface area (Å²) >= 11 is 0. The summed E-state index contributed by atoms with van der Waals surface area (Å²) in [6.07, 6.45) is 15.4.